The number of benzene rings is 2. The number of nitrogens with one attached hydrogen (secondary N) is 2. The van der Waals surface area contributed by atoms with E-state index < -0.39 is 0 Å². The molecule has 2 N–H and O–H groups in total. The monoisotopic (exact) mass is 345 g/mol. The minimum Gasteiger partial charge on any atom is -0.339 e. The minimum absolute atomic E-state index is 0.177. The molecule has 4 nitrogen and oxygen atoms in total. The van der Waals surface area contributed by atoms with Gasteiger partial charge in [0.1, 0.15) is 5.82 Å². The summed E-state index contributed by atoms with van der Waals surface area (Å²) in [6, 6.07) is 15.6. The van der Waals surface area contributed by atoms with Gasteiger partial charge in [-0.15, -0.1) is 0 Å². The fourth-order valence-electron chi connectivity index (χ4n) is 3.01. The van der Waals surface area contributed by atoms with Crippen LogP contribution in [0.4, 0.5) is 17.2 Å². The third kappa shape index (κ3) is 3.59. The molecule has 2 aromatic carbocycles. The summed E-state index contributed by atoms with van der Waals surface area (Å²) in [4.78, 5) is 17.3. The molecule has 0 unspecified atom stereocenters. The van der Waals surface area contributed by atoms with E-state index in [1.165, 1.54) is 0 Å². The van der Waals surface area contributed by atoms with Gasteiger partial charge in [-0.2, -0.15) is 0 Å². The number of hydrogen-bond donors (Lipinski definition) is 2. The van der Waals surface area contributed by atoms with Gasteiger partial charge in [-0.25, -0.2) is 4.98 Å². The van der Waals surface area contributed by atoms with Crippen LogP contribution in [0.5, 0.6) is 0 Å². The van der Waals surface area contributed by atoms with Gasteiger partial charge in [-0.05, 0) is 62.1 Å². The third-order valence-corrected chi connectivity index (χ3v) is 4.50. The van der Waals surface area contributed by atoms with Crippen LogP contribution in [-0.4, -0.2) is 10.9 Å². The second-order valence-corrected chi connectivity index (χ2v) is 6.51. The normalized spacial score (nSPS) is 10.5. The number of hydrogen-bond acceptors (Lipinski definition) is 3. The molecule has 26 heavy (non-hydrogen) atoms. The molecule has 0 fully saturated rings. The molecule has 0 saturated carbocycles. The van der Waals surface area contributed by atoms with Crippen molar-refractivity contribution in [2.75, 3.05) is 10.6 Å². The van der Waals surface area contributed by atoms with Gasteiger partial charge in [0.05, 0.1) is 5.56 Å². The van der Waals surface area contributed by atoms with Crippen LogP contribution in [0.25, 0.3) is 0 Å². The highest BCUT2D eigenvalue weighted by Crippen LogP contribution is 2.26. The Morgan fingerprint density at radius 2 is 1.31 bits per heavy atom. The lowest BCUT2D eigenvalue weighted by molar-refractivity contribution is 0.102. The largest absolute Gasteiger partial charge is 0.339 e. The molecule has 1 aromatic heterocycles. The lowest BCUT2D eigenvalue weighted by Crippen LogP contribution is -2.16. The molecule has 0 radical (unpaired) electrons. The van der Waals surface area contributed by atoms with Crippen LogP contribution in [0.15, 0.2) is 54.7 Å². The van der Waals surface area contributed by atoms with Crippen molar-refractivity contribution in [3.63, 3.8) is 0 Å². The Morgan fingerprint density at radius 1 is 0.769 bits per heavy atom. The van der Waals surface area contributed by atoms with Crippen LogP contribution in [0.3, 0.4) is 0 Å². The highest BCUT2D eigenvalue weighted by atomic mass is 16.1. The molecular weight excluding hydrogens is 322 g/mol. The van der Waals surface area contributed by atoms with Gasteiger partial charge < -0.3 is 10.6 Å². The molecule has 1 heterocycles. The van der Waals surface area contributed by atoms with Crippen LogP contribution in [0.1, 0.15) is 32.6 Å². The topological polar surface area (TPSA) is 54.0 Å². The van der Waals surface area contributed by atoms with Crippen LogP contribution >= 0.6 is 0 Å². The number of nitrogens with zero attached hydrogens (tertiary/aromatic N) is 1. The number of aromatic nitrogens is 1. The van der Waals surface area contributed by atoms with Crippen molar-refractivity contribution in [3.05, 3.63) is 82.5 Å². The standard InChI is InChI=1S/C22H23N3O/c1-14-8-5-9-15(2)19(14)24-21-18(12-7-13-23-21)22(26)25-20-16(3)10-6-11-17(20)4/h5-13H,1-4H3,(H,23,24)(H,25,26). The van der Waals surface area contributed by atoms with Crippen LogP contribution < -0.4 is 10.6 Å². The summed E-state index contributed by atoms with van der Waals surface area (Å²) >= 11 is 0. The number of carbonyl (C=O) groups excluding carboxylic acids is 1. The predicted molar refractivity (Wildman–Crippen MR) is 107 cm³/mol. The Morgan fingerprint density at radius 3 is 1.88 bits per heavy atom. The first kappa shape index (κ1) is 17.7. The Kier molecular flexibility index (Phi) is 5.03. The van der Waals surface area contributed by atoms with Crippen molar-refractivity contribution < 1.29 is 4.79 Å². The fraction of sp³-hybridized carbons (Fsp3) is 0.182. The highest BCUT2D eigenvalue weighted by Gasteiger charge is 2.15. The number of amides is 1. The number of para-hydroxylation sites is 2. The van der Waals surface area contributed by atoms with Gasteiger partial charge in [0, 0.05) is 17.6 Å². The van der Waals surface area contributed by atoms with Gasteiger partial charge in [-0.3, -0.25) is 4.79 Å². The molecule has 0 aliphatic carbocycles. The maximum absolute atomic E-state index is 12.9. The number of rotatable bonds is 4. The molecule has 0 aliphatic rings. The quantitative estimate of drug-likeness (QED) is 0.673. The van der Waals surface area contributed by atoms with Crippen LogP contribution in [0.2, 0.25) is 0 Å². The van der Waals surface area contributed by atoms with E-state index in [4.69, 9.17) is 0 Å². The Labute approximate surface area is 154 Å². The number of anilines is 3. The first-order chi connectivity index (χ1) is 12.5. The molecule has 3 rings (SSSR count). The fourth-order valence-corrected chi connectivity index (χ4v) is 3.01. The van der Waals surface area contributed by atoms with E-state index >= 15 is 0 Å². The summed E-state index contributed by atoms with van der Waals surface area (Å²) < 4.78 is 0. The zero-order chi connectivity index (χ0) is 18.7. The van der Waals surface area contributed by atoms with Gasteiger partial charge in [-0.1, -0.05) is 36.4 Å². The Bertz CT molecular complexity index is 923. The van der Waals surface area contributed by atoms with Crippen molar-refractivity contribution in [3.8, 4) is 0 Å². The molecule has 0 atom stereocenters. The summed E-state index contributed by atoms with van der Waals surface area (Å²) in [7, 11) is 0. The lowest BCUT2D eigenvalue weighted by atomic mass is 10.1. The SMILES string of the molecule is Cc1cccc(C)c1NC(=O)c1cccnc1Nc1c(C)cccc1C. The third-order valence-electron chi connectivity index (χ3n) is 4.50. The van der Waals surface area contributed by atoms with E-state index in [9.17, 15) is 4.79 Å². The van der Waals surface area contributed by atoms with Crippen LogP contribution in [0, 0.1) is 27.7 Å². The van der Waals surface area contributed by atoms with E-state index in [2.05, 4.69) is 15.6 Å². The second kappa shape index (κ2) is 7.40. The average Bonchev–Trinajstić information content (AvgIpc) is 2.62. The van der Waals surface area contributed by atoms with Gasteiger partial charge in [0.15, 0.2) is 0 Å². The van der Waals surface area contributed by atoms with Crippen molar-refractivity contribution in [2.45, 2.75) is 27.7 Å². The van der Waals surface area contributed by atoms with E-state index in [0.717, 1.165) is 33.6 Å². The summed E-state index contributed by atoms with van der Waals surface area (Å²) in [6.45, 7) is 8.05. The summed E-state index contributed by atoms with van der Waals surface area (Å²) in [5, 5.41) is 6.36. The summed E-state index contributed by atoms with van der Waals surface area (Å²) in [5.41, 5.74) is 6.62. The van der Waals surface area contributed by atoms with Gasteiger partial charge in [0.2, 0.25) is 0 Å². The highest BCUT2D eigenvalue weighted by molar-refractivity contribution is 6.08. The number of pyridine rings is 1. The predicted octanol–water partition coefficient (Wildman–Crippen LogP) is 5.31. The molecular formula is C22H23N3O. The molecule has 4 heteroatoms. The van der Waals surface area contributed by atoms with Crippen molar-refractivity contribution >= 4 is 23.1 Å². The second-order valence-electron chi connectivity index (χ2n) is 6.51. The molecule has 132 valence electrons. The lowest BCUT2D eigenvalue weighted by Gasteiger charge is -2.16. The van der Waals surface area contributed by atoms with Gasteiger partial charge in [0.25, 0.3) is 5.91 Å². The maximum atomic E-state index is 12.9. The Hall–Kier alpha value is -3.14. The number of carbonyl (C=O) groups is 1. The smallest absolute Gasteiger partial charge is 0.259 e. The average molecular weight is 345 g/mol. The first-order valence-corrected chi connectivity index (χ1v) is 8.63. The van der Waals surface area contributed by atoms with E-state index in [1.54, 1.807) is 18.3 Å². The first-order valence-electron chi connectivity index (χ1n) is 8.63. The molecule has 0 saturated heterocycles. The number of aryl methyl sites for hydroxylation is 4. The summed E-state index contributed by atoms with van der Waals surface area (Å²) in [6.07, 6.45) is 1.69. The van der Waals surface area contributed by atoms with Gasteiger partial charge >= 0.3 is 0 Å². The van der Waals surface area contributed by atoms with Crippen molar-refractivity contribution in [1.29, 1.82) is 0 Å². The molecule has 1 amide bonds. The van der Waals surface area contributed by atoms with Crippen molar-refractivity contribution in [2.24, 2.45) is 0 Å². The molecule has 0 aliphatic heterocycles. The minimum atomic E-state index is -0.177. The van der Waals surface area contributed by atoms with E-state index in [1.807, 2.05) is 64.1 Å². The van der Waals surface area contributed by atoms with Crippen molar-refractivity contribution in [1.82, 2.24) is 4.98 Å². The zero-order valence-electron chi connectivity index (χ0n) is 15.6. The van der Waals surface area contributed by atoms with E-state index in [0.29, 0.717) is 11.4 Å². The zero-order valence-corrected chi connectivity index (χ0v) is 15.6. The molecule has 3 aromatic rings. The maximum Gasteiger partial charge on any atom is 0.259 e. The van der Waals surface area contributed by atoms with E-state index in [-0.39, 0.29) is 5.91 Å². The molecule has 0 bridgehead atoms. The summed E-state index contributed by atoms with van der Waals surface area (Å²) in [5.74, 6) is 0.373. The van der Waals surface area contributed by atoms with Crippen LogP contribution in [-0.2, 0) is 0 Å². The Balaban J connectivity index is 1.93. The molecule has 0 spiro atoms.